The maximum Gasteiger partial charge on any atom is 0.0540 e. The second-order valence-corrected chi connectivity index (χ2v) is 19.1. The first-order valence-corrected chi connectivity index (χ1v) is 22.6. The van der Waals surface area contributed by atoms with Crippen LogP contribution in [0.25, 0.3) is 75.8 Å². The average Bonchev–Trinajstić information content (AvgIpc) is 3.89. The zero-order valence-corrected chi connectivity index (χ0v) is 36.2. The molecular weight excluding hydrogens is 767 g/mol. The number of hydrogen-bond donors (Lipinski definition) is 0. The van der Waals surface area contributed by atoms with Gasteiger partial charge in [0.15, 0.2) is 0 Å². The molecule has 0 saturated carbocycles. The first-order valence-electron chi connectivity index (χ1n) is 21.8. The Hall–Kier alpha value is -7.00. The van der Waals surface area contributed by atoms with Gasteiger partial charge in [0, 0.05) is 47.8 Å². The molecule has 0 bridgehead atoms. The number of thiophene rings is 1. The fourth-order valence-electron chi connectivity index (χ4n) is 10.8. The molecule has 296 valence electrons. The van der Waals surface area contributed by atoms with Crippen molar-refractivity contribution in [2.75, 3.05) is 4.90 Å². The summed E-state index contributed by atoms with van der Waals surface area (Å²) in [6.45, 7) is 9.45. The fourth-order valence-corrected chi connectivity index (χ4v) is 11.9. The van der Waals surface area contributed by atoms with Crippen LogP contribution in [0, 0.1) is 0 Å². The van der Waals surface area contributed by atoms with Crippen LogP contribution in [-0.4, -0.2) is 0 Å². The summed E-state index contributed by atoms with van der Waals surface area (Å²) in [6.07, 6.45) is 0. The van der Waals surface area contributed by atoms with Gasteiger partial charge in [-0.1, -0.05) is 185 Å². The molecule has 62 heavy (non-hydrogen) atoms. The molecule has 0 aliphatic heterocycles. The molecule has 1 nitrogen and oxygen atoms in total. The highest BCUT2D eigenvalue weighted by Gasteiger charge is 2.38. The van der Waals surface area contributed by atoms with Gasteiger partial charge in [0.1, 0.15) is 0 Å². The van der Waals surface area contributed by atoms with E-state index in [-0.39, 0.29) is 10.8 Å². The molecule has 2 heteroatoms. The van der Waals surface area contributed by atoms with Crippen LogP contribution in [0.5, 0.6) is 0 Å². The first-order chi connectivity index (χ1) is 30.3. The maximum atomic E-state index is 2.50. The van der Waals surface area contributed by atoms with Crippen molar-refractivity contribution >= 4 is 48.6 Å². The van der Waals surface area contributed by atoms with Crippen LogP contribution in [0.15, 0.2) is 200 Å². The van der Waals surface area contributed by atoms with Crippen LogP contribution < -0.4 is 4.90 Å². The lowest BCUT2D eigenvalue weighted by molar-refractivity contribution is 0.660. The third-order valence-corrected chi connectivity index (χ3v) is 15.1. The lowest BCUT2D eigenvalue weighted by atomic mass is 9.81. The molecule has 1 aromatic heterocycles. The van der Waals surface area contributed by atoms with E-state index in [0.717, 1.165) is 17.1 Å². The Kier molecular flexibility index (Phi) is 8.17. The van der Waals surface area contributed by atoms with Crippen molar-refractivity contribution in [2.45, 2.75) is 38.5 Å². The molecule has 0 N–H and O–H groups in total. The van der Waals surface area contributed by atoms with Crippen molar-refractivity contribution in [1.29, 1.82) is 0 Å². The molecule has 2 aliphatic rings. The molecule has 0 atom stereocenters. The highest BCUT2D eigenvalue weighted by Crippen LogP contribution is 2.55. The number of rotatable bonds is 6. The summed E-state index contributed by atoms with van der Waals surface area (Å²) in [5.41, 5.74) is 21.4. The van der Waals surface area contributed by atoms with Gasteiger partial charge < -0.3 is 4.90 Å². The van der Waals surface area contributed by atoms with Crippen molar-refractivity contribution in [2.24, 2.45) is 0 Å². The Balaban J connectivity index is 1.04. The Morgan fingerprint density at radius 3 is 1.66 bits per heavy atom. The van der Waals surface area contributed by atoms with E-state index >= 15 is 0 Å². The highest BCUT2D eigenvalue weighted by atomic mass is 32.1. The number of nitrogens with zero attached hydrogens (tertiary/aromatic N) is 1. The van der Waals surface area contributed by atoms with Crippen molar-refractivity contribution in [3.8, 4) is 55.6 Å². The van der Waals surface area contributed by atoms with E-state index in [1.54, 1.807) is 0 Å². The van der Waals surface area contributed by atoms with Crippen LogP contribution in [-0.2, 0) is 10.8 Å². The van der Waals surface area contributed by atoms with Crippen LogP contribution in [0.4, 0.5) is 17.1 Å². The predicted molar refractivity (Wildman–Crippen MR) is 265 cm³/mol. The molecule has 1 heterocycles. The van der Waals surface area contributed by atoms with Gasteiger partial charge >= 0.3 is 0 Å². The first kappa shape index (κ1) is 36.8. The van der Waals surface area contributed by atoms with E-state index in [9.17, 15) is 0 Å². The van der Waals surface area contributed by atoms with Gasteiger partial charge in [-0.2, -0.15) is 0 Å². The van der Waals surface area contributed by atoms with Gasteiger partial charge in [0.25, 0.3) is 0 Å². The fraction of sp³-hybridized carbons (Fsp3) is 0.100. The molecule has 2 aliphatic carbocycles. The SMILES string of the molecule is CC1(C)c2ccccc2-c2ccc(-c3ccc(N(c4ccccc4-c4ccc5c(c4)sc4ccccc45)c4ccccc4-c4cccc5c4-c4ccccc4C5(C)C)cc3)cc21. The minimum atomic E-state index is -0.0974. The van der Waals surface area contributed by atoms with E-state index in [2.05, 4.69) is 233 Å². The van der Waals surface area contributed by atoms with Crippen LogP contribution in [0.1, 0.15) is 49.9 Å². The van der Waals surface area contributed by atoms with E-state index < -0.39 is 0 Å². The maximum absolute atomic E-state index is 2.50. The zero-order valence-electron chi connectivity index (χ0n) is 35.4. The quantitative estimate of drug-likeness (QED) is 0.162. The summed E-state index contributed by atoms with van der Waals surface area (Å²) >= 11 is 1.87. The highest BCUT2D eigenvalue weighted by molar-refractivity contribution is 7.25. The number of benzene rings is 9. The summed E-state index contributed by atoms with van der Waals surface area (Å²) in [6, 6.07) is 74.8. The summed E-state index contributed by atoms with van der Waals surface area (Å²) in [5.74, 6) is 0. The van der Waals surface area contributed by atoms with Gasteiger partial charge in [-0.15, -0.1) is 11.3 Å². The van der Waals surface area contributed by atoms with Gasteiger partial charge in [0.05, 0.1) is 11.4 Å². The van der Waals surface area contributed by atoms with E-state index in [4.69, 9.17) is 0 Å². The standard InChI is InChI=1S/C60H45NS/c1-59(2)51-23-11-6-20-49(51)58-48(21-15-24-52(58)59)45-18-8-13-26-55(45)61(54-25-12-7-16-42(54)40-31-35-47-46-19-9-14-27-56(46)62-57(47)37-40)41-32-28-38(29-33-41)39-30-34-44-43-17-5-10-22-50(43)60(3,4)53(44)36-39/h5-37H,1-4H3. The summed E-state index contributed by atoms with van der Waals surface area (Å²) in [4.78, 5) is 2.50. The van der Waals surface area contributed by atoms with Gasteiger partial charge in [-0.25, -0.2) is 0 Å². The van der Waals surface area contributed by atoms with E-state index in [0.29, 0.717) is 0 Å². The van der Waals surface area contributed by atoms with Crippen molar-refractivity contribution in [1.82, 2.24) is 0 Å². The third-order valence-electron chi connectivity index (χ3n) is 13.9. The Morgan fingerprint density at radius 2 is 0.871 bits per heavy atom. The molecule has 12 rings (SSSR count). The third kappa shape index (κ3) is 5.46. The van der Waals surface area contributed by atoms with Crippen LogP contribution in [0.3, 0.4) is 0 Å². The molecule has 0 spiro atoms. The molecule has 0 unspecified atom stereocenters. The number of fused-ring (bicyclic) bond motifs is 9. The van der Waals surface area contributed by atoms with Crippen molar-refractivity contribution in [3.63, 3.8) is 0 Å². The minimum absolute atomic E-state index is 0.0572. The smallest absolute Gasteiger partial charge is 0.0540 e. The van der Waals surface area contributed by atoms with Crippen LogP contribution in [0.2, 0.25) is 0 Å². The lowest BCUT2D eigenvalue weighted by Gasteiger charge is -2.30. The van der Waals surface area contributed by atoms with Gasteiger partial charge in [-0.05, 0) is 109 Å². The zero-order chi connectivity index (χ0) is 41.7. The average molecular weight is 812 g/mol. The second kappa shape index (κ2) is 13.8. The number of hydrogen-bond acceptors (Lipinski definition) is 2. The Labute approximate surface area is 368 Å². The molecule has 9 aromatic carbocycles. The molecule has 10 aromatic rings. The summed E-state index contributed by atoms with van der Waals surface area (Å²) in [5, 5.41) is 2.63. The van der Waals surface area contributed by atoms with Crippen molar-refractivity contribution in [3.05, 3.63) is 222 Å². The molecule has 0 amide bonds. The number of para-hydroxylation sites is 2. The topological polar surface area (TPSA) is 3.24 Å². The molecule has 0 radical (unpaired) electrons. The number of anilines is 3. The Morgan fingerprint density at radius 1 is 0.339 bits per heavy atom. The largest absolute Gasteiger partial charge is 0.309 e. The summed E-state index contributed by atoms with van der Waals surface area (Å²) < 4.78 is 2.62. The van der Waals surface area contributed by atoms with E-state index in [1.165, 1.54) is 98.1 Å². The predicted octanol–water partition coefficient (Wildman–Crippen LogP) is 17.1. The van der Waals surface area contributed by atoms with E-state index in [1.807, 2.05) is 11.3 Å². The Bertz CT molecular complexity index is 3420. The second-order valence-electron chi connectivity index (χ2n) is 18.1. The normalized spacial score (nSPS) is 14.1. The monoisotopic (exact) mass is 811 g/mol. The van der Waals surface area contributed by atoms with Gasteiger partial charge in [-0.3, -0.25) is 0 Å². The molecular formula is C60H45NS. The van der Waals surface area contributed by atoms with Crippen LogP contribution >= 0.6 is 11.3 Å². The van der Waals surface area contributed by atoms with Crippen molar-refractivity contribution < 1.29 is 0 Å². The molecule has 0 saturated heterocycles. The summed E-state index contributed by atoms with van der Waals surface area (Å²) in [7, 11) is 0. The lowest BCUT2D eigenvalue weighted by Crippen LogP contribution is -2.15. The minimum Gasteiger partial charge on any atom is -0.309 e. The van der Waals surface area contributed by atoms with Gasteiger partial charge in [0.2, 0.25) is 0 Å². The molecule has 0 fully saturated rings.